The molecule has 0 saturated carbocycles. The van der Waals surface area contributed by atoms with Crippen LogP contribution >= 0.6 is 0 Å². The van der Waals surface area contributed by atoms with Gasteiger partial charge in [0.15, 0.2) is 6.20 Å². The Bertz CT molecular complexity index is 290. The number of nitrogens with zero attached hydrogens (tertiary/aromatic N) is 1. The highest BCUT2D eigenvalue weighted by atomic mass is 79.9. The fraction of sp³-hybridized carbons (Fsp3) is 0.250. The smallest absolute Gasteiger partial charge is 0.370 e. The Balaban J connectivity index is 0.00000144. The number of halogens is 1. The number of ether oxygens (including phenoxy) is 1. The van der Waals surface area contributed by atoms with E-state index in [-0.39, 0.29) is 23.5 Å². The average molecular weight is 248 g/mol. The van der Waals surface area contributed by atoms with Gasteiger partial charge in [-0.1, -0.05) is 0 Å². The molecule has 0 atom stereocenters. The Labute approximate surface area is 86.5 Å². The molecule has 13 heavy (non-hydrogen) atoms. The van der Waals surface area contributed by atoms with Crippen LogP contribution in [0, 0.1) is 0 Å². The van der Waals surface area contributed by atoms with Crippen molar-refractivity contribution in [3.8, 4) is 5.88 Å². The summed E-state index contributed by atoms with van der Waals surface area (Å²) in [6.07, 6.45) is 1.66. The van der Waals surface area contributed by atoms with Crippen molar-refractivity contribution >= 4 is 5.97 Å². The lowest BCUT2D eigenvalue weighted by Gasteiger charge is -1.97. The highest BCUT2D eigenvalue weighted by Gasteiger charge is 2.12. The van der Waals surface area contributed by atoms with E-state index >= 15 is 0 Å². The average Bonchev–Trinajstić information content (AvgIpc) is 2.04. The van der Waals surface area contributed by atoms with Crippen molar-refractivity contribution in [3.05, 3.63) is 24.4 Å². The van der Waals surface area contributed by atoms with E-state index in [0.29, 0.717) is 5.88 Å². The van der Waals surface area contributed by atoms with Crippen molar-refractivity contribution in [1.29, 1.82) is 0 Å². The van der Waals surface area contributed by atoms with Gasteiger partial charge in [-0.2, -0.15) is 4.57 Å². The molecule has 0 saturated heterocycles. The zero-order chi connectivity index (χ0) is 8.97. The van der Waals surface area contributed by atoms with E-state index in [9.17, 15) is 4.79 Å². The molecule has 4 nitrogen and oxygen atoms in total. The van der Waals surface area contributed by atoms with Crippen LogP contribution in [0.2, 0.25) is 0 Å². The first kappa shape index (κ1) is 11.9. The van der Waals surface area contributed by atoms with Gasteiger partial charge in [-0.05, 0) is 6.07 Å². The zero-order valence-electron chi connectivity index (χ0n) is 7.11. The van der Waals surface area contributed by atoms with E-state index in [0.717, 1.165) is 0 Å². The zero-order valence-corrected chi connectivity index (χ0v) is 8.69. The molecule has 0 aromatic carbocycles. The molecular weight excluding hydrogens is 238 g/mol. The fourth-order valence-corrected chi connectivity index (χ4v) is 0.922. The van der Waals surface area contributed by atoms with Crippen molar-refractivity contribution in [2.24, 2.45) is 0 Å². The van der Waals surface area contributed by atoms with Gasteiger partial charge in [0, 0.05) is 6.07 Å². The fourth-order valence-electron chi connectivity index (χ4n) is 0.922. The summed E-state index contributed by atoms with van der Waals surface area (Å²) in [5.74, 6) is -0.343. The molecule has 0 aliphatic rings. The van der Waals surface area contributed by atoms with Gasteiger partial charge in [0.2, 0.25) is 6.54 Å². The van der Waals surface area contributed by atoms with Gasteiger partial charge in [0.1, 0.15) is 0 Å². The van der Waals surface area contributed by atoms with Crippen molar-refractivity contribution in [1.82, 2.24) is 0 Å². The number of carbonyl (C=O) groups is 1. The Kier molecular flexibility index (Phi) is 5.06. The summed E-state index contributed by atoms with van der Waals surface area (Å²) in [4.78, 5) is 10.4. The number of rotatable bonds is 3. The molecule has 0 radical (unpaired) electrons. The third kappa shape index (κ3) is 3.42. The first-order valence-corrected chi connectivity index (χ1v) is 3.48. The van der Waals surface area contributed by atoms with E-state index in [2.05, 4.69) is 0 Å². The first-order valence-electron chi connectivity index (χ1n) is 3.48. The minimum Gasteiger partial charge on any atom is -1.00 e. The Morgan fingerprint density at radius 3 is 2.85 bits per heavy atom. The van der Waals surface area contributed by atoms with E-state index in [1.54, 1.807) is 24.4 Å². The second-order valence-electron chi connectivity index (χ2n) is 2.26. The Morgan fingerprint density at radius 2 is 2.31 bits per heavy atom. The summed E-state index contributed by atoms with van der Waals surface area (Å²) in [6.45, 7) is -0.0794. The lowest BCUT2D eigenvalue weighted by Crippen LogP contribution is -3.00. The molecule has 1 aromatic heterocycles. The standard InChI is InChI=1S/C8H9NO3.BrH/c1-12-7-4-2-3-5-9(7)6-8(10)11;/h2-5H,6H2,1H3;1H. The van der Waals surface area contributed by atoms with Gasteiger partial charge in [-0.3, -0.25) is 0 Å². The maximum atomic E-state index is 10.4. The monoisotopic (exact) mass is 247 g/mol. The number of carboxylic acids is 1. The number of carboxylic acid groups (broad SMARTS) is 1. The van der Waals surface area contributed by atoms with Crippen LogP contribution in [0.4, 0.5) is 0 Å². The maximum absolute atomic E-state index is 10.4. The SMILES string of the molecule is COc1cccc[n+]1CC(=O)O.[Br-]. The van der Waals surface area contributed by atoms with Gasteiger partial charge in [0.05, 0.1) is 13.2 Å². The number of aromatic nitrogens is 1. The van der Waals surface area contributed by atoms with Gasteiger partial charge >= 0.3 is 11.8 Å². The van der Waals surface area contributed by atoms with Crippen LogP contribution in [0.1, 0.15) is 0 Å². The van der Waals surface area contributed by atoms with Crippen LogP contribution in [0.5, 0.6) is 5.88 Å². The molecular formula is C8H10BrNO3. The van der Waals surface area contributed by atoms with Crippen LogP contribution in [0.3, 0.4) is 0 Å². The second-order valence-corrected chi connectivity index (χ2v) is 2.26. The summed E-state index contributed by atoms with van der Waals surface area (Å²) in [5.41, 5.74) is 0. The Hall–Kier alpha value is -1.10. The first-order chi connectivity index (χ1) is 5.74. The van der Waals surface area contributed by atoms with Crippen LogP contribution in [-0.4, -0.2) is 18.2 Å². The van der Waals surface area contributed by atoms with Crippen LogP contribution in [0.25, 0.3) is 0 Å². The molecule has 0 amide bonds. The predicted octanol–water partition coefficient (Wildman–Crippen LogP) is -2.93. The number of methoxy groups -OCH3 is 1. The lowest BCUT2D eigenvalue weighted by molar-refractivity contribution is -0.690. The number of pyridine rings is 1. The molecule has 0 aliphatic carbocycles. The summed E-state index contributed by atoms with van der Waals surface area (Å²) >= 11 is 0. The summed E-state index contributed by atoms with van der Waals surface area (Å²) in [6, 6.07) is 5.26. The third-order valence-electron chi connectivity index (χ3n) is 1.41. The molecule has 72 valence electrons. The summed E-state index contributed by atoms with van der Waals surface area (Å²) in [7, 11) is 1.51. The minimum absolute atomic E-state index is 0. The molecule has 1 N–H and O–H groups in total. The highest BCUT2D eigenvalue weighted by molar-refractivity contribution is 5.64. The number of aliphatic carboxylic acids is 1. The molecule has 0 aliphatic heterocycles. The van der Waals surface area contributed by atoms with E-state index in [1.807, 2.05) is 0 Å². The lowest BCUT2D eigenvalue weighted by atomic mass is 10.4. The molecule has 1 heterocycles. The van der Waals surface area contributed by atoms with Crippen molar-refractivity contribution in [3.63, 3.8) is 0 Å². The summed E-state index contributed by atoms with van der Waals surface area (Å²) in [5, 5.41) is 8.51. The molecule has 0 bridgehead atoms. The molecule has 0 unspecified atom stereocenters. The van der Waals surface area contributed by atoms with E-state index < -0.39 is 5.97 Å². The molecule has 1 rings (SSSR count). The largest absolute Gasteiger partial charge is 1.00 e. The van der Waals surface area contributed by atoms with Crippen molar-refractivity contribution in [2.75, 3.05) is 7.11 Å². The van der Waals surface area contributed by atoms with Gasteiger partial charge in [-0.25, -0.2) is 4.79 Å². The molecule has 5 heteroatoms. The van der Waals surface area contributed by atoms with Crippen LogP contribution < -0.4 is 26.3 Å². The van der Waals surface area contributed by atoms with E-state index in [4.69, 9.17) is 9.84 Å². The predicted molar refractivity (Wildman–Crippen MR) is 40.8 cm³/mol. The molecule has 0 fully saturated rings. The molecule has 0 spiro atoms. The highest BCUT2D eigenvalue weighted by Crippen LogP contribution is 1.99. The van der Waals surface area contributed by atoms with Gasteiger partial charge in [0.25, 0.3) is 0 Å². The minimum atomic E-state index is -0.885. The number of hydrogen-bond donors (Lipinski definition) is 1. The third-order valence-corrected chi connectivity index (χ3v) is 1.41. The second kappa shape index (κ2) is 5.53. The van der Waals surface area contributed by atoms with Crippen LogP contribution in [-0.2, 0) is 11.3 Å². The Morgan fingerprint density at radius 1 is 1.62 bits per heavy atom. The van der Waals surface area contributed by atoms with E-state index in [1.165, 1.54) is 11.7 Å². The van der Waals surface area contributed by atoms with Gasteiger partial charge < -0.3 is 26.8 Å². The normalized spacial score (nSPS) is 8.69. The molecule has 1 aromatic rings. The van der Waals surface area contributed by atoms with Crippen LogP contribution in [0.15, 0.2) is 24.4 Å². The number of hydrogen-bond acceptors (Lipinski definition) is 2. The van der Waals surface area contributed by atoms with Gasteiger partial charge in [-0.15, -0.1) is 0 Å². The quantitative estimate of drug-likeness (QED) is 0.583. The van der Waals surface area contributed by atoms with Crippen molar-refractivity contribution < 1.29 is 36.2 Å². The summed E-state index contributed by atoms with van der Waals surface area (Å²) < 4.78 is 6.46. The van der Waals surface area contributed by atoms with Crippen molar-refractivity contribution in [2.45, 2.75) is 6.54 Å². The maximum Gasteiger partial charge on any atom is 0.370 e. The topological polar surface area (TPSA) is 50.4 Å².